The van der Waals surface area contributed by atoms with E-state index in [4.69, 9.17) is 0 Å². The van der Waals surface area contributed by atoms with Crippen LogP contribution >= 0.6 is 0 Å². The lowest BCUT2D eigenvalue weighted by Gasteiger charge is -2.31. The fourth-order valence-corrected chi connectivity index (χ4v) is 5.47. The van der Waals surface area contributed by atoms with Gasteiger partial charge in [-0.3, -0.25) is 9.59 Å². The van der Waals surface area contributed by atoms with Gasteiger partial charge in [-0.1, -0.05) is 24.3 Å². The summed E-state index contributed by atoms with van der Waals surface area (Å²) >= 11 is 0. The summed E-state index contributed by atoms with van der Waals surface area (Å²) < 4.78 is 2.32. The Labute approximate surface area is 210 Å². The molecule has 0 aliphatic carbocycles. The molecule has 2 aromatic carbocycles. The van der Waals surface area contributed by atoms with Crippen LogP contribution in [-0.4, -0.2) is 49.4 Å². The molecule has 0 N–H and O–H groups in total. The molecule has 0 unspecified atom stereocenters. The third kappa shape index (κ3) is 4.41. The van der Waals surface area contributed by atoms with Gasteiger partial charge in [-0.05, 0) is 56.0 Å². The van der Waals surface area contributed by atoms with E-state index < -0.39 is 0 Å². The topological polar surface area (TPSA) is 81.0 Å². The van der Waals surface area contributed by atoms with E-state index in [0.29, 0.717) is 37.2 Å². The number of amides is 1. The number of aromatic nitrogens is 4. The van der Waals surface area contributed by atoms with Crippen molar-refractivity contribution >= 4 is 22.6 Å². The van der Waals surface area contributed by atoms with Crippen LogP contribution in [0.2, 0.25) is 0 Å². The molecule has 0 spiro atoms. The second-order valence-electron chi connectivity index (χ2n) is 9.85. The Morgan fingerprint density at radius 2 is 1.75 bits per heavy atom. The normalized spacial score (nSPS) is 16.2. The number of carbonyl (C=O) groups is 2. The highest BCUT2D eigenvalue weighted by atomic mass is 16.2. The van der Waals surface area contributed by atoms with Crippen molar-refractivity contribution in [1.82, 2.24) is 24.6 Å². The van der Waals surface area contributed by atoms with E-state index in [9.17, 15) is 9.59 Å². The number of fused-ring (bicyclic) bond motifs is 2. The van der Waals surface area contributed by atoms with E-state index in [2.05, 4.69) is 31.9 Å². The minimum atomic E-state index is -0.0491. The number of hydrogen-bond donors (Lipinski definition) is 0. The molecule has 7 heteroatoms. The third-order valence-electron chi connectivity index (χ3n) is 7.52. The predicted molar refractivity (Wildman–Crippen MR) is 137 cm³/mol. The number of likely N-dealkylation sites (tertiary alicyclic amines) is 1. The van der Waals surface area contributed by atoms with Gasteiger partial charge in [0.1, 0.15) is 11.6 Å². The van der Waals surface area contributed by atoms with Gasteiger partial charge in [0.25, 0.3) is 5.91 Å². The van der Waals surface area contributed by atoms with Gasteiger partial charge in [0.2, 0.25) is 0 Å². The maximum absolute atomic E-state index is 13.1. The zero-order chi connectivity index (χ0) is 24.5. The highest BCUT2D eigenvalue weighted by Crippen LogP contribution is 2.28. The van der Waals surface area contributed by atoms with E-state index >= 15 is 0 Å². The van der Waals surface area contributed by atoms with Crippen LogP contribution in [0.3, 0.4) is 0 Å². The highest BCUT2D eigenvalue weighted by Gasteiger charge is 2.28. The largest absolute Gasteiger partial charge is 0.339 e. The number of rotatable bonds is 5. The summed E-state index contributed by atoms with van der Waals surface area (Å²) in [4.78, 5) is 32.3. The molecule has 1 amide bonds. The Kier molecular flexibility index (Phi) is 6.05. The van der Waals surface area contributed by atoms with Crippen molar-refractivity contribution in [2.45, 2.75) is 45.1 Å². The van der Waals surface area contributed by atoms with Gasteiger partial charge in [0.15, 0.2) is 0 Å². The first kappa shape index (κ1) is 22.6. The molecule has 1 saturated heterocycles. The zero-order valence-electron chi connectivity index (χ0n) is 20.3. The second-order valence-corrected chi connectivity index (χ2v) is 9.85. The lowest BCUT2D eigenvalue weighted by molar-refractivity contribution is -0.123. The molecule has 0 bridgehead atoms. The number of carbonyl (C=O) groups excluding carboxylic acids is 2. The van der Waals surface area contributed by atoms with Crippen molar-refractivity contribution < 1.29 is 9.59 Å². The summed E-state index contributed by atoms with van der Waals surface area (Å²) in [7, 11) is 0. The number of imidazole rings is 1. The molecule has 0 saturated carbocycles. The molecule has 1 fully saturated rings. The molecule has 7 nitrogen and oxygen atoms in total. The molecule has 182 valence electrons. The summed E-state index contributed by atoms with van der Waals surface area (Å²) in [6.45, 7) is 2.21. The highest BCUT2D eigenvalue weighted by molar-refractivity contribution is 5.94. The summed E-state index contributed by atoms with van der Waals surface area (Å²) in [5.74, 6) is 1.33. The fraction of sp³-hybridized carbons (Fsp3) is 0.345. The first-order chi connectivity index (χ1) is 17.7. The smallest absolute Gasteiger partial charge is 0.253 e. The first-order valence-corrected chi connectivity index (χ1v) is 12.8. The number of ketones is 1. The number of hydrogen-bond acceptors (Lipinski definition) is 5. The van der Waals surface area contributed by atoms with Crippen LogP contribution in [0.25, 0.3) is 22.2 Å². The quantitative estimate of drug-likeness (QED) is 0.421. The molecule has 0 radical (unpaired) electrons. The Bertz CT molecular complexity index is 1420. The summed E-state index contributed by atoms with van der Waals surface area (Å²) in [5.41, 5.74) is 4.47. The van der Waals surface area contributed by atoms with Gasteiger partial charge in [0.05, 0.1) is 29.5 Å². The Morgan fingerprint density at radius 1 is 0.917 bits per heavy atom. The van der Waals surface area contributed by atoms with Gasteiger partial charge in [-0.2, -0.15) is 10.2 Å². The van der Waals surface area contributed by atoms with Gasteiger partial charge >= 0.3 is 0 Å². The van der Waals surface area contributed by atoms with Crippen LogP contribution in [-0.2, 0) is 24.2 Å². The van der Waals surface area contributed by atoms with Crippen molar-refractivity contribution in [2.75, 3.05) is 13.1 Å². The Hall–Kier alpha value is -3.87. The zero-order valence-corrected chi connectivity index (χ0v) is 20.3. The molecular weight excluding hydrogens is 450 g/mol. The number of benzene rings is 2. The Balaban J connectivity index is 1.13. The maximum atomic E-state index is 13.1. The van der Waals surface area contributed by atoms with Gasteiger partial charge in [0, 0.05) is 48.5 Å². The lowest BCUT2D eigenvalue weighted by Crippen LogP contribution is -2.40. The number of piperidine rings is 1. The van der Waals surface area contributed by atoms with Gasteiger partial charge in [-0.15, -0.1) is 0 Å². The van der Waals surface area contributed by atoms with Gasteiger partial charge < -0.3 is 9.47 Å². The summed E-state index contributed by atoms with van der Waals surface area (Å²) in [6.07, 6.45) is 7.03. The molecule has 36 heavy (non-hydrogen) atoms. The van der Waals surface area contributed by atoms with Crippen molar-refractivity contribution in [2.24, 2.45) is 5.92 Å². The maximum Gasteiger partial charge on any atom is 0.253 e. The number of aryl methyl sites for hydroxylation is 1. The van der Waals surface area contributed by atoms with Crippen molar-refractivity contribution in [3.05, 3.63) is 77.9 Å². The molecule has 4 heterocycles. The molecule has 2 aliphatic rings. The SMILES string of the molecule is O=C(Cc1cc2cc(-c3cnc4n3CCCC4)ccc2nn1)C1CCN(C(=O)c2ccccc2)CC1. The average molecular weight is 480 g/mol. The van der Waals surface area contributed by atoms with Crippen molar-refractivity contribution in [1.29, 1.82) is 0 Å². The first-order valence-electron chi connectivity index (χ1n) is 12.8. The monoisotopic (exact) mass is 479 g/mol. The van der Waals surface area contributed by atoms with Crippen LogP contribution in [0, 0.1) is 5.92 Å². The lowest BCUT2D eigenvalue weighted by atomic mass is 9.90. The number of nitrogens with zero attached hydrogens (tertiary/aromatic N) is 5. The van der Waals surface area contributed by atoms with E-state index in [-0.39, 0.29) is 24.0 Å². The molecular formula is C29H29N5O2. The molecule has 6 rings (SSSR count). The fourth-order valence-electron chi connectivity index (χ4n) is 5.47. The van der Waals surface area contributed by atoms with E-state index in [1.165, 1.54) is 12.8 Å². The number of Topliss-reactive ketones (excluding diaryl/α,β-unsaturated/α-hetero) is 1. The second kappa shape index (κ2) is 9.64. The van der Waals surface area contributed by atoms with Crippen LogP contribution < -0.4 is 0 Å². The van der Waals surface area contributed by atoms with Crippen LogP contribution in [0.4, 0.5) is 0 Å². The molecule has 2 aliphatic heterocycles. The van der Waals surface area contributed by atoms with Crippen LogP contribution in [0.15, 0.2) is 60.8 Å². The van der Waals surface area contributed by atoms with Crippen molar-refractivity contribution in [3.8, 4) is 11.3 Å². The van der Waals surface area contributed by atoms with Gasteiger partial charge in [-0.25, -0.2) is 4.98 Å². The molecule has 4 aromatic rings. The Morgan fingerprint density at radius 3 is 2.58 bits per heavy atom. The third-order valence-corrected chi connectivity index (χ3v) is 7.52. The summed E-state index contributed by atoms with van der Waals surface area (Å²) in [6, 6.07) is 17.5. The average Bonchev–Trinajstić information content (AvgIpc) is 3.37. The standard InChI is InChI=1S/C29H29N5O2/c35-27(20-11-14-33(15-12-20)29(36)21-6-2-1-3-7-21)18-24-17-23-16-22(9-10-25(23)32-31-24)26-19-30-28-8-4-5-13-34(26)28/h1-3,6-7,9-10,16-17,19-20H,4-5,8,11-15,18H2. The van der Waals surface area contributed by atoms with Crippen LogP contribution in [0.5, 0.6) is 0 Å². The van der Waals surface area contributed by atoms with E-state index in [0.717, 1.165) is 41.0 Å². The molecule has 0 atom stereocenters. The predicted octanol–water partition coefficient (Wildman–Crippen LogP) is 4.49. The van der Waals surface area contributed by atoms with E-state index in [1.54, 1.807) is 0 Å². The summed E-state index contributed by atoms with van der Waals surface area (Å²) in [5, 5.41) is 9.70. The van der Waals surface area contributed by atoms with Crippen molar-refractivity contribution in [3.63, 3.8) is 0 Å². The minimum Gasteiger partial charge on any atom is -0.339 e. The van der Waals surface area contributed by atoms with Crippen LogP contribution in [0.1, 0.15) is 47.6 Å². The van der Waals surface area contributed by atoms with E-state index in [1.807, 2.05) is 53.6 Å². The molecule has 2 aromatic heterocycles. The minimum absolute atomic E-state index is 0.0390.